The molecule has 0 aliphatic rings. The largest absolute Gasteiger partial charge is 0.243 e. The molecule has 0 radical (unpaired) electrons. The van der Waals surface area contributed by atoms with E-state index in [2.05, 4.69) is 9.44 Å². The fourth-order valence-electron chi connectivity index (χ4n) is 1.49. The van der Waals surface area contributed by atoms with Crippen LogP contribution in [0.3, 0.4) is 0 Å². The second-order valence-corrected chi connectivity index (χ2v) is 8.81. The van der Waals surface area contributed by atoms with Crippen molar-refractivity contribution < 1.29 is 8.42 Å². The Labute approximate surface area is 126 Å². The lowest BCUT2D eigenvalue weighted by molar-refractivity contribution is 0.664. The van der Waals surface area contributed by atoms with Crippen molar-refractivity contribution >= 4 is 22.0 Å². The zero-order chi connectivity index (χ0) is 15.1. The van der Waals surface area contributed by atoms with Gasteiger partial charge in [-0.15, -0.1) is 0 Å². The Bertz CT molecular complexity index is 437. The Balaban J connectivity index is 2.53. The minimum atomic E-state index is -1.01. The highest BCUT2D eigenvalue weighted by Gasteiger charge is 2.06. The fraction of sp³-hybridized carbons (Fsp3) is 0.571. The van der Waals surface area contributed by atoms with Gasteiger partial charge in [0.15, 0.2) is 0 Å². The Morgan fingerprint density at radius 1 is 0.900 bits per heavy atom. The van der Waals surface area contributed by atoms with Crippen molar-refractivity contribution in [3.8, 4) is 0 Å². The van der Waals surface area contributed by atoms with Gasteiger partial charge in [0.05, 0.1) is 22.0 Å². The molecule has 20 heavy (non-hydrogen) atoms. The van der Waals surface area contributed by atoms with Gasteiger partial charge >= 0.3 is 0 Å². The lowest BCUT2D eigenvalue weighted by atomic mass is 10.1. The number of nitrogens with one attached hydrogen (secondary N) is 2. The fourth-order valence-corrected chi connectivity index (χ4v) is 2.78. The Morgan fingerprint density at radius 3 is 1.65 bits per heavy atom. The van der Waals surface area contributed by atoms with Crippen molar-refractivity contribution in [1.82, 2.24) is 9.44 Å². The van der Waals surface area contributed by atoms with Gasteiger partial charge in [-0.1, -0.05) is 24.3 Å². The molecule has 1 aromatic rings. The molecule has 0 unspecified atom stereocenters. The van der Waals surface area contributed by atoms with Crippen LogP contribution in [0.15, 0.2) is 24.3 Å². The summed E-state index contributed by atoms with van der Waals surface area (Å²) in [6.07, 6.45) is 0. The number of rotatable bonds is 8. The van der Waals surface area contributed by atoms with Gasteiger partial charge in [-0.3, -0.25) is 0 Å². The van der Waals surface area contributed by atoms with Gasteiger partial charge in [0, 0.05) is 23.6 Å². The third kappa shape index (κ3) is 6.26. The van der Waals surface area contributed by atoms with Crippen LogP contribution in [0.25, 0.3) is 0 Å². The summed E-state index contributed by atoms with van der Waals surface area (Å²) in [5.41, 5.74) is 2.15. The first-order valence-corrected chi connectivity index (χ1v) is 9.18. The molecule has 4 nitrogen and oxygen atoms in total. The maximum atomic E-state index is 11.6. The topological polar surface area (TPSA) is 58.2 Å². The van der Waals surface area contributed by atoms with Crippen LogP contribution < -0.4 is 9.44 Å². The second kappa shape index (κ2) is 8.67. The summed E-state index contributed by atoms with van der Waals surface area (Å²) in [4.78, 5) is 0. The molecule has 2 N–H and O–H groups in total. The lowest BCUT2D eigenvalue weighted by Gasteiger charge is -2.10. The van der Waals surface area contributed by atoms with Gasteiger partial charge < -0.3 is 0 Å². The van der Waals surface area contributed by atoms with Gasteiger partial charge in [0.2, 0.25) is 0 Å². The first-order chi connectivity index (χ1) is 9.40. The van der Waals surface area contributed by atoms with E-state index in [9.17, 15) is 8.42 Å². The second-order valence-electron chi connectivity index (χ2n) is 5.15. The molecule has 0 aliphatic heterocycles. The van der Waals surface area contributed by atoms with Crippen LogP contribution in [0.1, 0.15) is 38.8 Å². The van der Waals surface area contributed by atoms with Gasteiger partial charge in [0.1, 0.15) is 0 Å². The molecule has 0 fully saturated rings. The summed E-state index contributed by atoms with van der Waals surface area (Å²) in [6, 6.07) is 7.99. The maximum absolute atomic E-state index is 11.6. The van der Waals surface area contributed by atoms with Crippen molar-refractivity contribution in [2.75, 3.05) is 0 Å². The molecule has 6 heteroatoms. The average molecular weight is 316 g/mol. The van der Waals surface area contributed by atoms with Crippen LogP contribution in [0.2, 0.25) is 0 Å². The average Bonchev–Trinajstić information content (AvgIpc) is 2.42. The van der Waals surface area contributed by atoms with Gasteiger partial charge in [-0.2, -0.15) is 0 Å². The van der Waals surface area contributed by atoms with E-state index in [1.807, 2.05) is 52.0 Å². The summed E-state index contributed by atoms with van der Waals surface area (Å²) >= 11 is 0. The summed E-state index contributed by atoms with van der Waals surface area (Å²) in [5.74, 6) is 0. The highest BCUT2D eigenvalue weighted by Crippen LogP contribution is 2.06. The van der Waals surface area contributed by atoms with E-state index < -0.39 is 22.0 Å². The van der Waals surface area contributed by atoms with Crippen LogP contribution >= 0.6 is 0 Å². The summed E-state index contributed by atoms with van der Waals surface area (Å²) in [6.45, 7) is 8.84. The van der Waals surface area contributed by atoms with E-state index in [1.54, 1.807) is 0 Å². The zero-order valence-corrected chi connectivity index (χ0v) is 14.1. The van der Waals surface area contributed by atoms with E-state index >= 15 is 0 Å². The van der Waals surface area contributed by atoms with Crippen molar-refractivity contribution in [3.05, 3.63) is 35.4 Å². The lowest BCUT2D eigenvalue weighted by Crippen LogP contribution is -2.24. The van der Waals surface area contributed by atoms with Crippen molar-refractivity contribution in [1.29, 1.82) is 0 Å². The Hall–Kier alpha value is -0.560. The first-order valence-electron chi connectivity index (χ1n) is 6.76. The molecule has 0 heterocycles. The van der Waals surface area contributed by atoms with E-state index in [-0.39, 0.29) is 10.5 Å². The third-order valence-corrected chi connectivity index (χ3v) is 5.26. The minimum absolute atomic E-state index is 0.105. The van der Waals surface area contributed by atoms with Crippen LogP contribution in [0, 0.1) is 0 Å². The molecule has 0 spiro atoms. The standard InChI is InChI=1S/C14H24N2O2S2/c1-11(2)19(17)15-9-13-6-5-7-14(8-13)10-16-20(18)12(3)4/h5-8,11-12,15-16H,9-10H2,1-4H3/t19-,20-/m0/s1. The molecule has 0 amide bonds. The summed E-state index contributed by atoms with van der Waals surface area (Å²) in [7, 11) is -2.02. The van der Waals surface area contributed by atoms with Crippen LogP contribution in [-0.4, -0.2) is 18.9 Å². The van der Waals surface area contributed by atoms with E-state index in [1.165, 1.54) is 0 Å². The summed E-state index contributed by atoms with van der Waals surface area (Å²) in [5, 5.41) is 0.210. The summed E-state index contributed by atoms with van der Waals surface area (Å²) < 4.78 is 29.3. The van der Waals surface area contributed by atoms with Crippen molar-refractivity contribution in [3.63, 3.8) is 0 Å². The molecular weight excluding hydrogens is 292 g/mol. The SMILES string of the molecule is CC(C)[S@](=O)NCc1cccc(CN[S@@](=O)C(C)C)c1. The molecule has 0 saturated carbocycles. The molecule has 0 bridgehead atoms. The van der Waals surface area contributed by atoms with E-state index in [4.69, 9.17) is 0 Å². The van der Waals surface area contributed by atoms with Gasteiger partial charge in [0.25, 0.3) is 0 Å². The molecule has 1 rings (SSSR count). The first kappa shape index (κ1) is 17.5. The van der Waals surface area contributed by atoms with Crippen LogP contribution in [0.4, 0.5) is 0 Å². The van der Waals surface area contributed by atoms with Crippen LogP contribution in [0.5, 0.6) is 0 Å². The minimum Gasteiger partial charge on any atom is -0.243 e. The molecule has 2 atom stereocenters. The van der Waals surface area contributed by atoms with Crippen molar-refractivity contribution in [2.24, 2.45) is 0 Å². The Kier molecular flexibility index (Phi) is 7.58. The maximum Gasteiger partial charge on any atom is 0.0944 e. The molecular formula is C14H24N2O2S2. The molecule has 0 aromatic heterocycles. The highest BCUT2D eigenvalue weighted by atomic mass is 32.2. The quantitative estimate of drug-likeness (QED) is 0.771. The van der Waals surface area contributed by atoms with Gasteiger partial charge in [-0.25, -0.2) is 17.9 Å². The number of hydrogen-bond donors (Lipinski definition) is 2. The predicted octanol–water partition coefficient (Wildman–Crippen LogP) is 2.01. The highest BCUT2D eigenvalue weighted by molar-refractivity contribution is 7.83. The van der Waals surface area contributed by atoms with Gasteiger partial charge in [-0.05, 0) is 38.8 Å². The van der Waals surface area contributed by atoms with E-state index in [0.717, 1.165) is 11.1 Å². The van der Waals surface area contributed by atoms with E-state index in [0.29, 0.717) is 13.1 Å². The van der Waals surface area contributed by atoms with Crippen LogP contribution in [-0.2, 0) is 35.1 Å². The molecule has 0 saturated heterocycles. The molecule has 1 aromatic carbocycles. The molecule has 114 valence electrons. The predicted molar refractivity (Wildman–Crippen MR) is 86.7 cm³/mol. The monoisotopic (exact) mass is 316 g/mol. The third-order valence-electron chi connectivity index (χ3n) is 2.68. The van der Waals surface area contributed by atoms with Crippen molar-refractivity contribution in [2.45, 2.75) is 51.3 Å². The normalized spacial score (nSPS) is 14.7. The molecule has 0 aliphatic carbocycles. The smallest absolute Gasteiger partial charge is 0.0944 e. The number of benzene rings is 1. The zero-order valence-electron chi connectivity index (χ0n) is 12.5. The Morgan fingerprint density at radius 2 is 1.30 bits per heavy atom. The number of hydrogen-bond acceptors (Lipinski definition) is 2.